The first-order valence-corrected chi connectivity index (χ1v) is 11.4. The number of hydrogen-bond donors (Lipinski definition) is 3. The Labute approximate surface area is 197 Å². The standard InChI is InChI=1S/C25H28F2N4O3/c26-19-5-1-17(2-6-19)21-15-22(21)29-10-9-28-16-23(25(33)31-11-13-34-14-12-31)30-24(32)18-3-7-20(27)8-4-18/h1-8,23,28-29H,9-16H2,(H,30,32)/t23-/m0/s1. The normalized spacial score (nSPS) is 16.2. The molecule has 0 spiro atoms. The lowest BCUT2D eigenvalue weighted by Gasteiger charge is -2.31. The molecule has 2 aliphatic rings. The van der Waals surface area contributed by atoms with Gasteiger partial charge in [-0.25, -0.2) is 8.78 Å². The number of nitrogens with zero attached hydrogens (tertiary/aromatic N) is 1. The van der Waals surface area contributed by atoms with Crippen LogP contribution in [-0.2, 0) is 9.53 Å². The Morgan fingerprint density at radius 3 is 2.26 bits per heavy atom. The number of benzene rings is 2. The third kappa shape index (κ3) is 6.39. The van der Waals surface area contributed by atoms with Crippen molar-refractivity contribution in [2.24, 2.45) is 0 Å². The van der Waals surface area contributed by atoms with E-state index in [2.05, 4.69) is 16.0 Å². The molecule has 1 aliphatic carbocycles. The lowest BCUT2D eigenvalue weighted by atomic mass is 10.1. The molecule has 0 saturated carbocycles. The molecule has 1 fully saturated rings. The highest BCUT2D eigenvalue weighted by Gasteiger charge is 2.27. The third-order valence-corrected chi connectivity index (χ3v) is 5.81. The van der Waals surface area contributed by atoms with E-state index in [4.69, 9.17) is 4.74 Å². The van der Waals surface area contributed by atoms with Crippen molar-refractivity contribution in [3.05, 3.63) is 77.0 Å². The molecule has 7 nitrogen and oxygen atoms in total. The molecule has 0 aromatic heterocycles. The van der Waals surface area contributed by atoms with E-state index in [0.717, 1.165) is 17.7 Å². The van der Waals surface area contributed by atoms with Gasteiger partial charge in [0.15, 0.2) is 0 Å². The van der Waals surface area contributed by atoms with Crippen LogP contribution in [-0.4, -0.2) is 68.7 Å². The van der Waals surface area contributed by atoms with Crippen LogP contribution in [0.4, 0.5) is 8.78 Å². The van der Waals surface area contributed by atoms with Crippen molar-refractivity contribution in [2.75, 3.05) is 45.9 Å². The molecule has 180 valence electrons. The fourth-order valence-corrected chi connectivity index (χ4v) is 3.82. The average Bonchev–Trinajstić information content (AvgIpc) is 3.63. The van der Waals surface area contributed by atoms with Crippen LogP contribution >= 0.6 is 0 Å². The highest BCUT2D eigenvalue weighted by atomic mass is 19.1. The summed E-state index contributed by atoms with van der Waals surface area (Å²) in [6, 6.07) is 10.9. The highest BCUT2D eigenvalue weighted by molar-refractivity contribution is 5.97. The van der Waals surface area contributed by atoms with Crippen molar-refractivity contribution in [3.63, 3.8) is 0 Å². The second kappa shape index (κ2) is 11.2. The molecule has 1 aliphatic heterocycles. The van der Waals surface area contributed by atoms with E-state index in [0.29, 0.717) is 39.4 Å². The number of nitrogens with one attached hydrogen (secondary N) is 3. The fourth-order valence-electron chi connectivity index (χ4n) is 3.82. The van der Waals surface area contributed by atoms with Gasteiger partial charge in [0, 0.05) is 50.4 Å². The lowest BCUT2D eigenvalue weighted by molar-refractivity contribution is -0.137. The number of halogens is 2. The van der Waals surface area contributed by atoms with Crippen molar-refractivity contribution >= 4 is 17.4 Å². The van der Waals surface area contributed by atoms with E-state index in [1.165, 1.54) is 42.0 Å². The maximum Gasteiger partial charge on any atom is 0.251 e. The first-order chi connectivity index (χ1) is 16.5. The molecule has 0 radical (unpaired) electrons. The van der Waals surface area contributed by atoms with E-state index in [9.17, 15) is 18.4 Å². The Morgan fingerprint density at radius 2 is 1.59 bits per heavy atom. The SMILES string of the molecule is O=C(N[C@@H](CNCCNC1=C(c2ccc(F)cc2)C1)C(=O)N1CCOCC1)c1ccc(F)cc1. The Hall–Kier alpha value is -3.30. The minimum atomic E-state index is -0.759. The van der Waals surface area contributed by atoms with Gasteiger partial charge >= 0.3 is 0 Å². The first kappa shape index (κ1) is 23.8. The van der Waals surface area contributed by atoms with Crippen LogP contribution in [0.5, 0.6) is 0 Å². The highest BCUT2D eigenvalue weighted by Crippen LogP contribution is 2.37. The van der Waals surface area contributed by atoms with E-state index in [-0.39, 0.29) is 23.8 Å². The van der Waals surface area contributed by atoms with Gasteiger partial charge in [-0.1, -0.05) is 12.1 Å². The first-order valence-electron chi connectivity index (χ1n) is 11.4. The molecular weight excluding hydrogens is 442 g/mol. The van der Waals surface area contributed by atoms with Crippen LogP contribution < -0.4 is 16.0 Å². The Kier molecular flexibility index (Phi) is 7.87. The summed E-state index contributed by atoms with van der Waals surface area (Å²) in [7, 11) is 0. The number of allylic oxidation sites excluding steroid dienone is 2. The smallest absolute Gasteiger partial charge is 0.251 e. The van der Waals surface area contributed by atoms with Gasteiger partial charge in [-0.05, 0) is 47.5 Å². The molecule has 1 saturated heterocycles. The van der Waals surface area contributed by atoms with Crippen molar-refractivity contribution in [1.82, 2.24) is 20.9 Å². The van der Waals surface area contributed by atoms with Crippen LogP contribution in [0.25, 0.3) is 5.57 Å². The molecule has 2 amide bonds. The Morgan fingerprint density at radius 1 is 0.941 bits per heavy atom. The summed E-state index contributed by atoms with van der Waals surface area (Å²) in [6.45, 7) is 3.37. The van der Waals surface area contributed by atoms with Gasteiger partial charge in [0.05, 0.1) is 13.2 Å². The summed E-state index contributed by atoms with van der Waals surface area (Å²) in [5.74, 6) is -1.29. The van der Waals surface area contributed by atoms with Crippen molar-refractivity contribution in [2.45, 2.75) is 12.5 Å². The average molecular weight is 471 g/mol. The van der Waals surface area contributed by atoms with Crippen LogP contribution in [0.15, 0.2) is 54.2 Å². The van der Waals surface area contributed by atoms with Gasteiger partial charge in [0.25, 0.3) is 5.91 Å². The number of hydrogen-bond acceptors (Lipinski definition) is 5. The largest absolute Gasteiger partial charge is 0.387 e. The molecule has 34 heavy (non-hydrogen) atoms. The zero-order valence-corrected chi connectivity index (χ0v) is 18.8. The fraction of sp³-hybridized carbons (Fsp3) is 0.360. The number of amides is 2. The summed E-state index contributed by atoms with van der Waals surface area (Å²) < 4.78 is 31.6. The second-order valence-electron chi connectivity index (χ2n) is 8.24. The lowest BCUT2D eigenvalue weighted by Crippen LogP contribution is -2.55. The molecular formula is C25H28F2N4O3. The summed E-state index contributed by atoms with van der Waals surface area (Å²) in [5.41, 5.74) is 3.60. The molecule has 1 atom stereocenters. The van der Waals surface area contributed by atoms with Gasteiger partial charge < -0.3 is 25.6 Å². The van der Waals surface area contributed by atoms with Gasteiger partial charge in [0.2, 0.25) is 5.91 Å². The molecule has 3 N–H and O–H groups in total. The summed E-state index contributed by atoms with van der Waals surface area (Å²) >= 11 is 0. The summed E-state index contributed by atoms with van der Waals surface area (Å²) in [4.78, 5) is 27.3. The zero-order chi connectivity index (χ0) is 23.9. The maximum atomic E-state index is 13.2. The van der Waals surface area contributed by atoms with E-state index in [1.54, 1.807) is 17.0 Å². The quantitative estimate of drug-likeness (QED) is 0.463. The van der Waals surface area contributed by atoms with Gasteiger partial charge in [-0.15, -0.1) is 0 Å². The molecule has 9 heteroatoms. The van der Waals surface area contributed by atoms with E-state index >= 15 is 0 Å². The van der Waals surface area contributed by atoms with Crippen molar-refractivity contribution < 1.29 is 23.1 Å². The Balaban J connectivity index is 1.28. The number of carbonyl (C=O) groups is 2. The second-order valence-corrected chi connectivity index (χ2v) is 8.24. The van der Waals surface area contributed by atoms with Crippen LogP contribution in [0.1, 0.15) is 22.3 Å². The minimum Gasteiger partial charge on any atom is -0.387 e. The van der Waals surface area contributed by atoms with Crippen LogP contribution in [0.2, 0.25) is 0 Å². The summed E-state index contributed by atoms with van der Waals surface area (Å²) in [5, 5.41) is 9.35. The molecule has 4 rings (SSSR count). The summed E-state index contributed by atoms with van der Waals surface area (Å²) in [6.07, 6.45) is 0.845. The van der Waals surface area contributed by atoms with Gasteiger partial charge in [0.1, 0.15) is 17.7 Å². The predicted octanol–water partition coefficient (Wildman–Crippen LogP) is 1.92. The number of ether oxygens (including phenoxy) is 1. The molecule has 0 unspecified atom stereocenters. The molecule has 2 aromatic rings. The molecule has 0 bridgehead atoms. The third-order valence-electron chi connectivity index (χ3n) is 5.81. The maximum absolute atomic E-state index is 13.2. The van der Waals surface area contributed by atoms with Crippen molar-refractivity contribution in [1.29, 1.82) is 0 Å². The van der Waals surface area contributed by atoms with E-state index in [1.807, 2.05) is 0 Å². The molecule has 2 aromatic carbocycles. The minimum absolute atomic E-state index is 0.178. The predicted molar refractivity (Wildman–Crippen MR) is 124 cm³/mol. The van der Waals surface area contributed by atoms with E-state index < -0.39 is 17.8 Å². The van der Waals surface area contributed by atoms with Crippen molar-refractivity contribution in [3.8, 4) is 0 Å². The number of rotatable bonds is 10. The Bertz CT molecular complexity index is 1040. The van der Waals surface area contributed by atoms with Crippen LogP contribution in [0, 0.1) is 11.6 Å². The topological polar surface area (TPSA) is 82.7 Å². The molecule has 1 heterocycles. The monoisotopic (exact) mass is 470 g/mol. The van der Waals surface area contributed by atoms with Crippen LogP contribution in [0.3, 0.4) is 0 Å². The van der Waals surface area contributed by atoms with Gasteiger partial charge in [-0.2, -0.15) is 0 Å². The zero-order valence-electron chi connectivity index (χ0n) is 18.8. The number of morpholine rings is 1. The number of carbonyl (C=O) groups excluding carboxylic acids is 2. The van der Waals surface area contributed by atoms with Gasteiger partial charge in [-0.3, -0.25) is 9.59 Å².